The molecule has 8 heteroatoms. The molecule has 1 fully saturated rings. The van der Waals surface area contributed by atoms with Crippen LogP contribution in [0.1, 0.15) is 20.3 Å². The number of fused-ring (bicyclic) bond motifs is 1. The summed E-state index contributed by atoms with van der Waals surface area (Å²) < 4.78 is 5.76. The van der Waals surface area contributed by atoms with Crippen molar-refractivity contribution in [2.24, 2.45) is 5.92 Å². The molecule has 0 aromatic heterocycles. The van der Waals surface area contributed by atoms with E-state index in [9.17, 15) is 9.59 Å². The lowest BCUT2D eigenvalue weighted by atomic mass is 10.1. The van der Waals surface area contributed by atoms with Gasteiger partial charge in [0.15, 0.2) is 0 Å². The van der Waals surface area contributed by atoms with Gasteiger partial charge < -0.3 is 15.4 Å². The highest BCUT2D eigenvalue weighted by molar-refractivity contribution is 8.01. The van der Waals surface area contributed by atoms with Gasteiger partial charge in [-0.1, -0.05) is 25.4 Å². The van der Waals surface area contributed by atoms with Crippen LogP contribution >= 0.6 is 23.4 Å². The predicted molar refractivity (Wildman–Crippen MR) is 108 cm³/mol. The predicted octanol–water partition coefficient (Wildman–Crippen LogP) is 2.62. The Labute approximate surface area is 169 Å². The van der Waals surface area contributed by atoms with Crippen LogP contribution in [-0.2, 0) is 14.3 Å². The summed E-state index contributed by atoms with van der Waals surface area (Å²) in [5.41, 5.74) is 0.704. The molecular formula is C19H26ClN3O3S. The fourth-order valence-corrected chi connectivity index (χ4v) is 4.57. The fourth-order valence-electron chi connectivity index (χ4n) is 3.31. The van der Waals surface area contributed by atoms with Gasteiger partial charge in [0.1, 0.15) is 0 Å². The number of hydrogen-bond acceptors (Lipinski definition) is 5. The molecule has 2 N–H and O–H groups in total. The summed E-state index contributed by atoms with van der Waals surface area (Å²) in [5.74, 6) is 0.310. The number of thioether (sulfide) groups is 1. The minimum atomic E-state index is -0.441. The van der Waals surface area contributed by atoms with Gasteiger partial charge in [0, 0.05) is 42.5 Å². The van der Waals surface area contributed by atoms with E-state index in [4.69, 9.17) is 16.3 Å². The average Bonchev–Trinajstić information content (AvgIpc) is 2.60. The van der Waals surface area contributed by atoms with Gasteiger partial charge in [-0.25, -0.2) is 0 Å². The minimum absolute atomic E-state index is 0.00264. The Bertz CT molecular complexity index is 701. The first-order valence-corrected chi connectivity index (χ1v) is 10.5. The summed E-state index contributed by atoms with van der Waals surface area (Å²) in [6.45, 7) is 8.36. The molecule has 1 aromatic carbocycles. The number of nitrogens with one attached hydrogen (secondary N) is 2. The quantitative estimate of drug-likeness (QED) is 0.753. The molecule has 1 aromatic rings. The number of halogens is 1. The first-order chi connectivity index (χ1) is 12.9. The zero-order chi connectivity index (χ0) is 19.4. The number of rotatable bonds is 6. The van der Waals surface area contributed by atoms with Crippen molar-refractivity contribution in [2.75, 3.05) is 38.1 Å². The second-order valence-corrected chi connectivity index (χ2v) is 9.07. The van der Waals surface area contributed by atoms with Crippen LogP contribution in [0.2, 0.25) is 5.02 Å². The van der Waals surface area contributed by atoms with E-state index in [0.29, 0.717) is 29.8 Å². The summed E-state index contributed by atoms with van der Waals surface area (Å²) in [5, 5.41) is 5.88. The number of anilines is 1. The molecule has 27 heavy (non-hydrogen) atoms. The summed E-state index contributed by atoms with van der Waals surface area (Å²) in [4.78, 5) is 27.9. The zero-order valence-electron chi connectivity index (χ0n) is 15.7. The highest BCUT2D eigenvalue weighted by Crippen LogP contribution is 2.38. The summed E-state index contributed by atoms with van der Waals surface area (Å²) in [7, 11) is 0. The van der Waals surface area contributed by atoms with Gasteiger partial charge in [-0.2, -0.15) is 0 Å². The van der Waals surface area contributed by atoms with E-state index < -0.39 is 5.25 Å². The number of amides is 2. The monoisotopic (exact) mass is 411 g/mol. The topological polar surface area (TPSA) is 70.7 Å². The van der Waals surface area contributed by atoms with Gasteiger partial charge in [0.05, 0.1) is 23.6 Å². The molecule has 3 rings (SSSR count). The smallest absolute Gasteiger partial charge is 0.238 e. The third kappa shape index (κ3) is 5.85. The molecule has 148 valence electrons. The van der Waals surface area contributed by atoms with Crippen LogP contribution in [0, 0.1) is 5.92 Å². The highest BCUT2D eigenvalue weighted by atomic mass is 35.5. The number of carbonyl (C=O) groups is 2. The molecule has 0 unspecified atom stereocenters. The van der Waals surface area contributed by atoms with Gasteiger partial charge in [-0.15, -0.1) is 11.8 Å². The molecule has 0 aliphatic carbocycles. The highest BCUT2D eigenvalue weighted by Gasteiger charge is 2.29. The molecule has 6 nitrogen and oxygen atoms in total. The van der Waals surface area contributed by atoms with Gasteiger partial charge >= 0.3 is 0 Å². The molecule has 0 radical (unpaired) electrons. The summed E-state index contributed by atoms with van der Waals surface area (Å²) >= 11 is 7.36. The Morgan fingerprint density at radius 3 is 3.07 bits per heavy atom. The molecule has 0 bridgehead atoms. The average molecular weight is 412 g/mol. The van der Waals surface area contributed by atoms with Gasteiger partial charge in [-0.05, 0) is 24.1 Å². The maximum atomic E-state index is 12.3. The van der Waals surface area contributed by atoms with Crippen LogP contribution in [0.3, 0.4) is 0 Å². The molecule has 0 saturated carbocycles. The molecule has 1 saturated heterocycles. The van der Waals surface area contributed by atoms with E-state index in [1.165, 1.54) is 11.8 Å². The van der Waals surface area contributed by atoms with Crippen LogP contribution in [0.25, 0.3) is 0 Å². The number of nitrogens with zero attached hydrogens (tertiary/aromatic N) is 1. The van der Waals surface area contributed by atoms with Crippen molar-refractivity contribution < 1.29 is 14.3 Å². The normalized spacial score (nSPS) is 23.0. The van der Waals surface area contributed by atoms with Crippen LogP contribution < -0.4 is 10.6 Å². The SMILES string of the molecule is CC(C)CN1CCO[C@@H](CNC(=O)C[C@H]2Sc3ccc(Cl)cc3NC2=O)C1. The first kappa shape index (κ1) is 20.5. The second-order valence-electron chi connectivity index (χ2n) is 7.39. The van der Waals surface area contributed by atoms with E-state index in [0.717, 1.165) is 24.5 Å². The molecule has 2 amide bonds. The first-order valence-electron chi connectivity index (χ1n) is 9.28. The lowest BCUT2D eigenvalue weighted by Crippen LogP contribution is -2.48. The van der Waals surface area contributed by atoms with Gasteiger partial charge in [0.2, 0.25) is 11.8 Å². The second kappa shape index (κ2) is 9.28. The van der Waals surface area contributed by atoms with Crippen molar-refractivity contribution in [3.63, 3.8) is 0 Å². The zero-order valence-corrected chi connectivity index (χ0v) is 17.2. The Balaban J connectivity index is 1.47. The minimum Gasteiger partial charge on any atom is -0.374 e. The Hall–Kier alpha value is -1.28. The number of benzene rings is 1. The van der Waals surface area contributed by atoms with Crippen molar-refractivity contribution >= 4 is 40.9 Å². The number of hydrogen-bond donors (Lipinski definition) is 2. The van der Waals surface area contributed by atoms with Crippen molar-refractivity contribution in [1.29, 1.82) is 0 Å². The Kier molecular flexibility index (Phi) is 7.03. The molecule has 2 aliphatic rings. The van der Waals surface area contributed by atoms with Gasteiger partial charge in [0.25, 0.3) is 0 Å². The lowest BCUT2D eigenvalue weighted by molar-refractivity contribution is -0.124. The van der Waals surface area contributed by atoms with E-state index in [-0.39, 0.29) is 24.3 Å². The number of carbonyl (C=O) groups excluding carboxylic acids is 2. The van der Waals surface area contributed by atoms with Crippen molar-refractivity contribution in [2.45, 2.75) is 36.5 Å². The molecule has 0 spiro atoms. The molecular weight excluding hydrogens is 386 g/mol. The Morgan fingerprint density at radius 1 is 1.48 bits per heavy atom. The van der Waals surface area contributed by atoms with Crippen LogP contribution in [0.5, 0.6) is 0 Å². The molecule has 2 atom stereocenters. The third-order valence-electron chi connectivity index (χ3n) is 4.51. The van der Waals surface area contributed by atoms with Crippen LogP contribution in [-0.4, -0.2) is 60.9 Å². The van der Waals surface area contributed by atoms with E-state index in [1.54, 1.807) is 12.1 Å². The number of ether oxygens (including phenoxy) is 1. The van der Waals surface area contributed by atoms with Crippen LogP contribution in [0.4, 0.5) is 5.69 Å². The van der Waals surface area contributed by atoms with Crippen LogP contribution in [0.15, 0.2) is 23.1 Å². The van der Waals surface area contributed by atoms with E-state index in [2.05, 4.69) is 29.4 Å². The largest absolute Gasteiger partial charge is 0.374 e. The van der Waals surface area contributed by atoms with Crippen molar-refractivity contribution in [3.05, 3.63) is 23.2 Å². The molecule has 2 heterocycles. The third-order valence-corrected chi connectivity index (χ3v) is 6.02. The van der Waals surface area contributed by atoms with E-state index >= 15 is 0 Å². The standard InChI is InChI=1S/C19H26ClN3O3S/c1-12(2)10-23-5-6-26-14(11-23)9-21-18(24)8-17-19(25)22-15-7-13(20)3-4-16(15)27-17/h3-4,7,12,14,17H,5-6,8-11H2,1-2H3,(H,21,24)(H,22,25)/t14-,17+/m0/s1. The molecule has 2 aliphatic heterocycles. The fraction of sp³-hybridized carbons (Fsp3) is 0.579. The Morgan fingerprint density at radius 2 is 2.30 bits per heavy atom. The lowest BCUT2D eigenvalue weighted by Gasteiger charge is -2.34. The van der Waals surface area contributed by atoms with Crippen molar-refractivity contribution in [1.82, 2.24) is 10.2 Å². The summed E-state index contributed by atoms with van der Waals surface area (Å²) in [6, 6.07) is 5.37. The summed E-state index contributed by atoms with van der Waals surface area (Å²) in [6.07, 6.45) is 0.137. The van der Waals surface area contributed by atoms with E-state index in [1.807, 2.05) is 6.07 Å². The maximum Gasteiger partial charge on any atom is 0.238 e. The van der Waals surface area contributed by atoms with Gasteiger partial charge in [-0.3, -0.25) is 14.5 Å². The number of morpholine rings is 1. The maximum absolute atomic E-state index is 12.3. The van der Waals surface area contributed by atoms with Crippen molar-refractivity contribution in [3.8, 4) is 0 Å².